The number of hydrogen-bond donors (Lipinski definition) is 1. The van der Waals surface area contributed by atoms with Gasteiger partial charge < -0.3 is 4.57 Å². The van der Waals surface area contributed by atoms with Gasteiger partial charge in [0, 0.05) is 27.7 Å². The Labute approximate surface area is 214 Å². The Morgan fingerprint density at radius 2 is 1.74 bits per heavy atom. The van der Waals surface area contributed by atoms with Gasteiger partial charge in [-0.1, -0.05) is 40.9 Å². The molecule has 1 N–H and O–H groups in total. The molecule has 1 heterocycles. The van der Waals surface area contributed by atoms with Gasteiger partial charge in [0.05, 0.1) is 28.2 Å². The van der Waals surface area contributed by atoms with Crippen LogP contribution in [0.4, 0.5) is 5.69 Å². The second kappa shape index (κ2) is 10.4. The molecule has 1 aromatic heterocycles. The molecule has 0 saturated heterocycles. The van der Waals surface area contributed by atoms with Gasteiger partial charge in [0.25, 0.3) is 5.91 Å². The molecule has 0 aliphatic rings. The third kappa shape index (κ3) is 5.93. The SMILES string of the molecule is Cc1ccc(N(CC(=O)N/N=C\c2cc(C)n(-c3ccc(Cl)c(Cl)c3)c2C)S(C)(=O)=O)cc1Cl. The van der Waals surface area contributed by atoms with Crippen LogP contribution in [-0.4, -0.2) is 37.9 Å². The summed E-state index contributed by atoms with van der Waals surface area (Å²) in [5, 5.41) is 5.32. The molecule has 2 aromatic carbocycles. The van der Waals surface area contributed by atoms with E-state index in [1.165, 1.54) is 12.3 Å². The molecule has 3 aromatic rings. The molecule has 0 fully saturated rings. The molecule has 11 heteroatoms. The number of carbonyl (C=O) groups excluding carboxylic acids is 1. The number of sulfonamides is 1. The van der Waals surface area contributed by atoms with Crippen LogP contribution in [0.3, 0.4) is 0 Å². The lowest BCUT2D eigenvalue weighted by atomic mass is 10.2. The predicted molar refractivity (Wildman–Crippen MR) is 139 cm³/mol. The molecular formula is C23H23Cl3N4O3S. The number of halogens is 3. The van der Waals surface area contributed by atoms with E-state index < -0.39 is 22.5 Å². The Morgan fingerprint density at radius 1 is 1.03 bits per heavy atom. The zero-order valence-electron chi connectivity index (χ0n) is 18.9. The molecule has 0 atom stereocenters. The molecule has 0 unspecified atom stereocenters. The first-order valence-electron chi connectivity index (χ1n) is 10.1. The van der Waals surface area contributed by atoms with Crippen molar-refractivity contribution in [3.05, 3.63) is 80.0 Å². The molecule has 34 heavy (non-hydrogen) atoms. The number of nitrogens with one attached hydrogen (secondary N) is 1. The molecule has 1 amide bonds. The molecule has 0 aliphatic carbocycles. The maximum absolute atomic E-state index is 12.5. The summed E-state index contributed by atoms with van der Waals surface area (Å²) in [7, 11) is -3.73. The average molecular weight is 542 g/mol. The van der Waals surface area contributed by atoms with Crippen LogP contribution in [0.25, 0.3) is 5.69 Å². The number of carbonyl (C=O) groups is 1. The third-order valence-corrected chi connectivity index (χ3v) is 7.44. The highest BCUT2D eigenvalue weighted by Gasteiger charge is 2.21. The van der Waals surface area contributed by atoms with Crippen LogP contribution in [0.5, 0.6) is 0 Å². The van der Waals surface area contributed by atoms with Crippen LogP contribution in [-0.2, 0) is 14.8 Å². The summed E-state index contributed by atoms with van der Waals surface area (Å²) in [4.78, 5) is 12.5. The first-order valence-corrected chi connectivity index (χ1v) is 13.1. The second-order valence-corrected chi connectivity index (χ2v) is 10.9. The van der Waals surface area contributed by atoms with Crippen LogP contribution in [0.15, 0.2) is 47.6 Å². The van der Waals surface area contributed by atoms with Crippen LogP contribution in [0.1, 0.15) is 22.5 Å². The molecule has 0 aliphatic heterocycles. The number of aromatic nitrogens is 1. The van der Waals surface area contributed by atoms with Gasteiger partial charge in [-0.2, -0.15) is 5.10 Å². The predicted octanol–water partition coefficient (Wildman–Crippen LogP) is 5.28. The van der Waals surface area contributed by atoms with Crippen LogP contribution < -0.4 is 9.73 Å². The summed E-state index contributed by atoms with van der Waals surface area (Å²) in [6, 6.07) is 12.0. The van der Waals surface area contributed by atoms with Crippen molar-refractivity contribution in [3.63, 3.8) is 0 Å². The zero-order valence-corrected chi connectivity index (χ0v) is 22.0. The van der Waals surface area contributed by atoms with Crippen molar-refractivity contribution in [1.82, 2.24) is 9.99 Å². The van der Waals surface area contributed by atoms with Crippen molar-refractivity contribution in [1.29, 1.82) is 0 Å². The van der Waals surface area contributed by atoms with Crippen molar-refractivity contribution in [2.75, 3.05) is 17.1 Å². The van der Waals surface area contributed by atoms with Crippen molar-refractivity contribution >= 4 is 62.6 Å². The monoisotopic (exact) mass is 540 g/mol. The van der Waals surface area contributed by atoms with E-state index in [1.54, 1.807) is 31.2 Å². The number of hydrogen-bond acceptors (Lipinski definition) is 4. The maximum Gasteiger partial charge on any atom is 0.260 e. The Balaban J connectivity index is 1.76. The first kappa shape index (κ1) is 26.1. The Morgan fingerprint density at radius 3 is 2.35 bits per heavy atom. The van der Waals surface area contributed by atoms with Gasteiger partial charge in [0.2, 0.25) is 10.0 Å². The lowest BCUT2D eigenvalue weighted by molar-refractivity contribution is -0.119. The van der Waals surface area contributed by atoms with Crippen LogP contribution in [0.2, 0.25) is 15.1 Å². The van der Waals surface area contributed by atoms with Crippen molar-refractivity contribution in [2.45, 2.75) is 20.8 Å². The Bertz CT molecular complexity index is 1380. The highest BCUT2D eigenvalue weighted by atomic mass is 35.5. The number of nitrogens with zero attached hydrogens (tertiary/aromatic N) is 3. The fraction of sp³-hybridized carbons (Fsp3) is 0.217. The molecule has 3 rings (SSSR count). The van der Waals surface area contributed by atoms with Gasteiger partial charge >= 0.3 is 0 Å². The minimum Gasteiger partial charge on any atom is -0.318 e. The molecule has 0 radical (unpaired) electrons. The van der Waals surface area contributed by atoms with E-state index in [1.807, 2.05) is 30.5 Å². The number of benzene rings is 2. The van der Waals surface area contributed by atoms with E-state index in [9.17, 15) is 13.2 Å². The fourth-order valence-electron chi connectivity index (χ4n) is 3.42. The summed E-state index contributed by atoms with van der Waals surface area (Å²) in [6.07, 6.45) is 2.52. The summed E-state index contributed by atoms with van der Waals surface area (Å²) in [5.41, 5.74) is 6.90. The Kier molecular flexibility index (Phi) is 7.98. The minimum atomic E-state index is -3.73. The number of hydrazone groups is 1. The molecule has 0 saturated carbocycles. The quantitative estimate of drug-likeness (QED) is 0.326. The van der Waals surface area contributed by atoms with E-state index in [2.05, 4.69) is 10.5 Å². The fourth-order valence-corrected chi connectivity index (χ4v) is 4.73. The van der Waals surface area contributed by atoms with Gasteiger partial charge in [-0.3, -0.25) is 9.10 Å². The summed E-state index contributed by atoms with van der Waals surface area (Å²) in [5.74, 6) is -0.600. The van der Waals surface area contributed by atoms with Gasteiger partial charge in [-0.05, 0) is 62.7 Å². The van der Waals surface area contributed by atoms with Gasteiger partial charge in [0.15, 0.2) is 0 Å². The number of rotatable bonds is 7. The standard InChI is InChI=1S/C23H23Cl3N4O3S/c1-14-5-6-18(10-21(14)25)29(34(4,32)33)13-23(31)28-27-12-17-9-15(2)30(16(17)3)19-7-8-20(24)22(26)11-19/h5-12H,13H2,1-4H3,(H,28,31)/b27-12-. The normalized spacial score (nSPS) is 11.7. The highest BCUT2D eigenvalue weighted by molar-refractivity contribution is 7.92. The summed E-state index contributed by atoms with van der Waals surface area (Å²) >= 11 is 18.3. The maximum atomic E-state index is 12.5. The first-order chi connectivity index (χ1) is 15.9. The van der Waals surface area contributed by atoms with E-state index in [0.717, 1.165) is 38.8 Å². The third-order valence-electron chi connectivity index (χ3n) is 5.16. The minimum absolute atomic E-state index is 0.294. The largest absolute Gasteiger partial charge is 0.318 e. The average Bonchev–Trinajstić information content (AvgIpc) is 3.03. The number of aryl methyl sites for hydroxylation is 2. The number of anilines is 1. The van der Waals surface area contributed by atoms with Crippen LogP contribution >= 0.6 is 34.8 Å². The molecule has 0 spiro atoms. The van der Waals surface area contributed by atoms with Crippen molar-refractivity contribution < 1.29 is 13.2 Å². The van der Waals surface area contributed by atoms with E-state index >= 15 is 0 Å². The van der Waals surface area contributed by atoms with E-state index in [4.69, 9.17) is 34.8 Å². The molecule has 7 nitrogen and oxygen atoms in total. The number of amides is 1. The van der Waals surface area contributed by atoms with E-state index in [-0.39, 0.29) is 0 Å². The second-order valence-electron chi connectivity index (χ2n) is 7.76. The highest BCUT2D eigenvalue weighted by Crippen LogP contribution is 2.27. The molecule has 0 bridgehead atoms. The summed E-state index contributed by atoms with van der Waals surface area (Å²) < 4.78 is 27.5. The van der Waals surface area contributed by atoms with Crippen molar-refractivity contribution in [2.24, 2.45) is 5.10 Å². The smallest absolute Gasteiger partial charge is 0.260 e. The van der Waals surface area contributed by atoms with Gasteiger partial charge in [-0.25, -0.2) is 13.8 Å². The van der Waals surface area contributed by atoms with Crippen molar-refractivity contribution in [3.8, 4) is 5.69 Å². The molecule has 180 valence electrons. The molecular weight excluding hydrogens is 519 g/mol. The lowest BCUT2D eigenvalue weighted by Crippen LogP contribution is -2.39. The van der Waals surface area contributed by atoms with Gasteiger partial charge in [0.1, 0.15) is 6.54 Å². The lowest BCUT2D eigenvalue weighted by Gasteiger charge is -2.21. The van der Waals surface area contributed by atoms with E-state index in [0.29, 0.717) is 20.8 Å². The summed E-state index contributed by atoms with van der Waals surface area (Å²) in [6.45, 7) is 5.20. The zero-order chi connectivity index (χ0) is 25.2. The topological polar surface area (TPSA) is 83.8 Å². The van der Waals surface area contributed by atoms with Crippen LogP contribution in [0, 0.1) is 20.8 Å². The van der Waals surface area contributed by atoms with Gasteiger partial charge in [-0.15, -0.1) is 0 Å². The Hall–Kier alpha value is -2.52.